The van der Waals surface area contributed by atoms with Crippen molar-refractivity contribution >= 4 is 21.6 Å². The number of carbonyl (C=O) groups excluding carboxylic acids is 1. The smallest absolute Gasteiger partial charge is 0.264 e. The first-order chi connectivity index (χ1) is 16.8. The molecule has 7 nitrogen and oxygen atoms in total. The molecule has 1 fully saturated rings. The molecule has 3 aromatic rings. The van der Waals surface area contributed by atoms with Gasteiger partial charge in [-0.15, -0.1) is 0 Å². The highest BCUT2D eigenvalue weighted by Gasteiger charge is 2.21. The van der Waals surface area contributed by atoms with Crippen LogP contribution in [-0.4, -0.2) is 52.1 Å². The fourth-order valence-electron chi connectivity index (χ4n) is 4.13. The number of hydrogen-bond acceptors (Lipinski definition) is 5. The summed E-state index contributed by atoms with van der Waals surface area (Å²) in [4.78, 5) is 15.2. The van der Waals surface area contributed by atoms with Crippen LogP contribution in [0, 0.1) is 0 Å². The molecule has 0 aromatic heterocycles. The molecule has 184 valence electrons. The quantitative estimate of drug-likeness (QED) is 0.518. The molecule has 0 spiro atoms. The maximum Gasteiger partial charge on any atom is 0.264 e. The Bertz CT molecular complexity index is 1250. The molecule has 1 aliphatic rings. The number of nitrogens with one attached hydrogen (secondary N) is 1. The van der Waals surface area contributed by atoms with E-state index in [0.29, 0.717) is 17.8 Å². The van der Waals surface area contributed by atoms with E-state index >= 15 is 0 Å². The van der Waals surface area contributed by atoms with E-state index in [9.17, 15) is 13.2 Å². The molecule has 1 heterocycles. The predicted octanol–water partition coefficient (Wildman–Crippen LogP) is 3.66. The fraction of sp³-hybridized carbons (Fsp3) is 0.296. The highest BCUT2D eigenvalue weighted by Crippen LogP contribution is 2.22. The van der Waals surface area contributed by atoms with Crippen molar-refractivity contribution in [3.8, 4) is 0 Å². The number of anilines is 1. The number of hydrogen-bond donors (Lipinski definition) is 1. The van der Waals surface area contributed by atoms with E-state index in [0.717, 1.165) is 31.8 Å². The second kappa shape index (κ2) is 11.0. The lowest BCUT2D eigenvalue weighted by molar-refractivity contribution is -0.0212. The molecule has 35 heavy (non-hydrogen) atoms. The van der Waals surface area contributed by atoms with Gasteiger partial charge >= 0.3 is 0 Å². The summed E-state index contributed by atoms with van der Waals surface area (Å²) in [6.45, 7) is 5.90. The van der Waals surface area contributed by atoms with Gasteiger partial charge in [-0.1, -0.05) is 42.5 Å². The van der Waals surface area contributed by atoms with E-state index in [1.54, 1.807) is 24.3 Å². The molecule has 3 aromatic carbocycles. The summed E-state index contributed by atoms with van der Waals surface area (Å²) < 4.78 is 32.7. The summed E-state index contributed by atoms with van der Waals surface area (Å²) in [5.74, 6) is -0.252. The van der Waals surface area contributed by atoms with Gasteiger partial charge in [0.05, 0.1) is 23.3 Å². The third kappa shape index (κ3) is 6.28. The van der Waals surface area contributed by atoms with Gasteiger partial charge in [-0.05, 0) is 54.4 Å². The van der Waals surface area contributed by atoms with Gasteiger partial charge < -0.3 is 10.1 Å². The van der Waals surface area contributed by atoms with Gasteiger partial charge in [0.2, 0.25) is 0 Å². The standard InChI is InChI=1S/C27H31N3O4S/c1-21-19-30(15-16-34-21)20-23-8-6-7-22(17-23)18-28-27(31)24-11-13-26(14-12-24)35(32,33)29(2)25-9-4-3-5-10-25/h3-14,17,21H,15-16,18-20H2,1-2H3,(H,28,31). The largest absolute Gasteiger partial charge is 0.376 e. The molecule has 4 rings (SSSR count). The summed E-state index contributed by atoms with van der Waals surface area (Å²) in [6, 6.07) is 23.1. The van der Waals surface area contributed by atoms with Crippen LogP contribution in [0.4, 0.5) is 5.69 Å². The van der Waals surface area contributed by atoms with Gasteiger partial charge in [-0.3, -0.25) is 14.0 Å². The number of benzene rings is 3. The monoisotopic (exact) mass is 493 g/mol. The van der Waals surface area contributed by atoms with Gasteiger partial charge in [0.25, 0.3) is 15.9 Å². The van der Waals surface area contributed by atoms with Gasteiger partial charge in [-0.2, -0.15) is 0 Å². The van der Waals surface area contributed by atoms with E-state index in [2.05, 4.69) is 29.3 Å². The first-order valence-electron chi connectivity index (χ1n) is 11.7. The Morgan fingerprint density at radius 2 is 1.74 bits per heavy atom. The number of morpholine rings is 1. The van der Waals surface area contributed by atoms with E-state index < -0.39 is 10.0 Å². The molecule has 0 saturated carbocycles. The van der Waals surface area contributed by atoms with E-state index in [4.69, 9.17) is 4.74 Å². The summed E-state index contributed by atoms with van der Waals surface area (Å²) in [5, 5.41) is 2.93. The fourth-order valence-corrected chi connectivity index (χ4v) is 5.32. The Kier molecular flexibility index (Phi) is 7.85. The average Bonchev–Trinajstić information content (AvgIpc) is 2.87. The molecule has 8 heteroatoms. The molecule has 1 atom stereocenters. The van der Waals surface area contributed by atoms with E-state index in [1.807, 2.05) is 18.2 Å². The molecule has 1 saturated heterocycles. The number of ether oxygens (including phenoxy) is 1. The Morgan fingerprint density at radius 3 is 2.46 bits per heavy atom. The normalized spacial score (nSPS) is 16.6. The molecular formula is C27H31N3O4S. The maximum atomic E-state index is 12.9. The average molecular weight is 494 g/mol. The van der Waals surface area contributed by atoms with Crippen molar-refractivity contribution in [2.75, 3.05) is 31.0 Å². The van der Waals surface area contributed by atoms with Crippen molar-refractivity contribution in [3.63, 3.8) is 0 Å². The van der Waals surface area contributed by atoms with Crippen LogP contribution in [-0.2, 0) is 27.8 Å². The lowest BCUT2D eigenvalue weighted by atomic mass is 10.1. The first kappa shape index (κ1) is 24.9. The lowest BCUT2D eigenvalue weighted by Gasteiger charge is -2.31. The van der Waals surface area contributed by atoms with Crippen molar-refractivity contribution in [2.24, 2.45) is 0 Å². The highest BCUT2D eigenvalue weighted by atomic mass is 32.2. The Hall–Kier alpha value is -3.20. The van der Waals surface area contributed by atoms with Crippen LogP contribution in [0.5, 0.6) is 0 Å². The molecular weight excluding hydrogens is 462 g/mol. The second-order valence-corrected chi connectivity index (χ2v) is 10.7. The molecule has 1 unspecified atom stereocenters. The van der Waals surface area contributed by atoms with Crippen molar-refractivity contribution in [3.05, 3.63) is 95.6 Å². The van der Waals surface area contributed by atoms with Crippen molar-refractivity contribution in [1.29, 1.82) is 0 Å². The SMILES string of the molecule is CC1CN(Cc2cccc(CNC(=O)c3ccc(S(=O)(=O)N(C)c4ccccc4)cc3)c2)CCO1. The minimum absolute atomic E-state index is 0.130. The molecule has 1 aliphatic heterocycles. The predicted molar refractivity (Wildman–Crippen MR) is 137 cm³/mol. The molecule has 1 N–H and O–H groups in total. The molecule has 0 aliphatic carbocycles. The number of sulfonamides is 1. The summed E-state index contributed by atoms with van der Waals surface area (Å²) in [6.07, 6.45) is 0.242. The number of rotatable bonds is 8. The van der Waals surface area contributed by atoms with Crippen LogP contribution >= 0.6 is 0 Å². The van der Waals surface area contributed by atoms with Gasteiger partial charge in [0, 0.05) is 38.8 Å². The number of carbonyl (C=O) groups is 1. The zero-order valence-corrected chi connectivity index (χ0v) is 20.9. The van der Waals surface area contributed by atoms with Gasteiger partial charge in [0.1, 0.15) is 0 Å². The van der Waals surface area contributed by atoms with Crippen molar-refractivity contribution in [2.45, 2.75) is 31.0 Å². The maximum absolute atomic E-state index is 12.9. The van der Waals surface area contributed by atoms with Crippen molar-refractivity contribution < 1.29 is 17.9 Å². The van der Waals surface area contributed by atoms with Crippen LogP contribution in [0.15, 0.2) is 83.8 Å². The van der Waals surface area contributed by atoms with E-state index in [-0.39, 0.29) is 16.9 Å². The van der Waals surface area contributed by atoms with Crippen LogP contribution in [0.25, 0.3) is 0 Å². The summed E-state index contributed by atoms with van der Waals surface area (Å²) >= 11 is 0. The zero-order valence-electron chi connectivity index (χ0n) is 20.1. The van der Waals surface area contributed by atoms with Crippen LogP contribution in [0.3, 0.4) is 0 Å². The Labute approximate surface area is 207 Å². The van der Waals surface area contributed by atoms with Crippen LogP contribution in [0.1, 0.15) is 28.4 Å². The third-order valence-electron chi connectivity index (χ3n) is 6.07. The number of amides is 1. The van der Waals surface area contributed by atoms with Crippen LogP contribution < -0.4 is 9.62 Å². The van der Waals surface area contributed by atoms with Gasteiger partial charge in [-0.25, -0.2) is 8.42 Å². The first-order valence-corrected chi connectivity index (χ1v) is 13.1. The van der Waals surface area contributed by atoms with E-state index in [1.165, 1.54) is 41.2 Å². The molecule has 0 bridgehead atoms. The number of para-hydroxylation sites is 1. The summed E-state index contributed by atoms with van der Waals surface area (Å²) in [5.41, 5.74) is 3.19. The molecule has 0 radical (unpaired) electrons. The highest BCUT2D eigenvalue weighted by molar-refractivity contribution is 7.92. The van der Waals surface area contributed by atoms with Gasteiger partial charge in [0.15, 0.2) is 0 Å². The second-order valence-electron chi connectivity index (χ2n) is 8.75. The lowest BCUT2D eigenvalue weighted by Crippen LogP contribution is -2.40. The molecule has 1 amide bonds. The zero-order chi connectivity index (χ0) is 24.8. The third-order valence-corrected chi connectivity index (χ3v) is 7.87. The number of nitrogens with zero attached hydrogens (tertiary/aromatic N) is 2. The Morgan fingerprint density at radius 1 is 1.03 bits per heavy atom. The Balaban J connectivity index is 1.36. The summed E-state index contributed by atoms with van der Waals surface area (Å²) in [7, 11) is -2.21. The minimum atomic E-state index is -3.72. The van der Waals surface area contributed by atoms with Crippen molar-refractivity contribution in [1.82, 2.24) is 10.2 Å². The van der Waals surface area contributed by atoms with Crippen LogP contribution in [0.2, 0.25) is 0 Å². The topological polar surface area (TPSA) is 79.0 Å². The minimum Gasteiger partial charge on any atom is -0.376 e.